The summed E-state index contributed by atoms with van der Waals surface area (Å²) in [6, 6.07) is 8.12. The number of aromatic nitrogens is 2. The van der Waals surface area contributed by atoms with E-state index in [4.69, 9.17) is 5.73 Å². The number of nitrogens with one attached hydrogen (secondary N) is 1. The summed E-state index contributed by atoms with van der Waals surface area (Å²) in [6.45, 7) is 6.34. The van der Waals surface area contributed by atoms with Crippen LogP contribution in [0.5, 0.6) is 0 Å². The van der Waals surface area contributed by atoms with Gasteiger partial charge in [-0.3, -0.25) is 0 Å². The van der Waals surface area contributed by atoms with Crippen molar-refractivity contribution in [3.05, 3.63) is 40.3 Å². The van der Waals surface area contributed by atoms with Gasteiger partial charge in [-0.05, 0) is 25.0 Å². The number of imidazole rings is 1. The Bertz CT molecular complexity index is 562. The van der Waals surface area contributed by atoms with Gasteiger partial charge in [-0.15, -0.1) is 0 Å². The predicted molar refractivity (Wildman–Crippen MR) is 82.8 cm³/mol. The Morgan fingerprint density at radius 1 is 1.42 bits per heavy atom. The summed E-state index contributed by atoms with van der Waals surface area (Å²) in [7, 11) is 0. The molecule has 1 aromatic heterocycles. The average Bonchev–Trinajstić information content (AvgIpc) is 2.79. The lowest BCUT2D eigenvalue weighted by Gasteiger charge is -2.15. The molecule has 0 amide bonds. The molecule has 0 radical (unpaired) electrons. The molecule has 0 saturated heterocycles. The molecule has 2 aromatic rings. The van der Waals surface area contributed by atoms with Gasteiger partial charge in [0.2, 0.25) is 0 Å². The minimum absolute atomic E-state index is 0.0374. The van der Waals surface area contributed by atoms with Crippen molar-refractivity contribution in [2.24, 2.45) is 11.7 Å². The lowest BCUT2D eigenvalue weighted by molar-refractivity contribution is 0.441. The quantitative estimate of drug-likeness (QED) is 0.886. The van der Waals surface area contributed by atoms with Crippen LogP contribution in [0.1, 0.15) is 37.8 Å². The largest absolute Gasteiger partial charge is 0.344 e. The van der Waals surface area contributed by atoms with E-state index >= 15 is 0 Å². The van der Waals surface area contributed by atoms with Crippen molar-refractivity contribution in [1.82, 2.24) is 9.97 Å². The molecule has 19 heavy (non-hydrogen) atoms. The van der Waals surface area contributed by atoms with Gasteiger partial charge in [-0.2, -0.15) is 0 Å². The van der Waals surface area contributed by atoms with Gasteiger partial charge in [0, 0.05) is 15.7 Å². The number of aromatic amines is 1. The maximum absolute atomic E-state index is 6.24. The molecule has 0 bridgehead atoms. The monoisotopic (exact) mass is 321 g/mol. The molecule has 3 N–H and O–H groups in total. The summed E-state index contributed by atoms with van der Waals surface area (Å²) in [5.41, 5.74) is 9.38. The van der Waals surface area contributed by atoms with Crippen molar-refractivity contribution in [3.8, 4) is 11.3 Å². The third kappa shape index (κ3) is 3.07. The second-order valence-corrected chi connectivity index (χ2v) is 5.93. The van der Waals surface area contributed by atoms with E-state index in [1.807, 2.05) is 19.1 Å². The van der Waals surface area contributed by atoms with Gasteiger partial charge in [-0.25, -0.2) is 4.98 Å². The number of H-pyrrole nitrogens is 1. The second-order valence-electron chi connectivity index (χ2n) is 5.02. The standard InChI is InChI=1S/C15H20BrN3/c1-4-9(2)13(17)15-18-10(3)14(19-15)11-6-5-7-12(16)8-11/h5-9,13H,4,17H2,1-3H3,(H,18,19). The minimum Gasteiger partial charge on any atom is -0.344 e. The molecule has 0 aliphatic heterocycles. The van der Waals surface area contributed by atoms with Crippen LogP contribution in [0.25, 0.3) is 11.3 Å². The topological polar surface area (TPSA) is 54.7 Å². The van der Waals surface area contributed by atoms with Gasteiger partial charge in [0.25, 0.3) is 0 Å². The van der Waals surface area contributed by atoms with Crippen LogP contribution in [0.15, 0.2) is 28.7 Å². The second kappa shape index (κ2) is 5.88. The highest BCUT2D eigenvalue weighted by Crippen LogP contribution is 2.27. The van der Waals surface area contributed by atoms with Crippen LogP contribution in [-0.2, 0) is 0 Å². The van der Waals surface area contributed by atoms with Crippen LogP contribution < -0.4 is 5.73 Å². The molecule has 3 nitrogen and oxygen atoms in total. The summed E-state index contributed by atoms with van der Waals surface area (Å²) in [6.07, 6.45) is 1.05. The maximum atomic E-state index is 6.24. The number of benzene rings is 1. The molecule has 102 valence electrons. The van der Waals surface area contributed by atoms with Crippen LogP contribution in [0.3, 0.4) is 0 Å². The van der Waals surface area contributed by atoms with Crippen molar-refractivity contribution in [2.45, 2.75) is 33.2 Å². The normalized spacial score (nSPS) is 14.4. The third-order valence-corrected chi connectivity index (χ3v) is 4.07. The number of nitrogens with two attached hydrogens (primary N) is 1. The van der Waals surface area contributed by atoms with Crippen molar-refractivity contribution >= 4 is 15.9 Å². The van der Waals surface area contributed by atoms with Gasteiger partial charge >= 0.3 is 0 Å². The van der Waals surface area contributed by atoms with Crippen molar-refractivity contribution in [3.63, 3.8) is 0 Å². The Kier molecular flexibility index (Phi) is 4.42. The van der Waals surface area contributed by atoms with Crippen molar-refractivity contribution in [2.75, 3.05) is 0 Å². The SMILES string of the molecule is CCC(C)C(N)c1nc(-c2cccc(Br)c2)c(C)[nH]1. The Labute approximate surface area is 122 Å². The molecule has 0 fully saturated rings. The van der Waals surface area contributed by atoms with E-state index in [2.05, 4.69) is 51.9 Å². The van der Waals surface area contributed by atoms with E-state index in [9.17, 15) is 0 Å². The summed E-state index contributed by atoms with van der Waals surface area (Å²) < 4.78 is 1.06. The first-order valence-corrected chi connectivity index (χ1v) is 7.40. The molecule has 1 heterocycles. The zero-order chi connectivity index (χ0) is 14.0. The van der Waals surface area contributed by atoms with Gasteiger partial charge in [0.15, 0.2) is 0 Å². The lowest BCUT2D eigenvalue weighted by atomic mass is 10.00. The first-order valence-electron chi connectivity index (χ1n) is 6.61. The number of nitrogens with zero attached hydrogens (tertiary/aromatic N) is 1. The zero-order valence-electron chi connectivity index (χ0n) is 11.6. The first kappa shape index (κ1) is 14.3. The van der Waals surface area contributed by atoms with Crippen LogP contribution in [0.2, 0.25) is 0 Å². The fourth-order valence-corrected chi connectivity index (χ4v) is 2.48. The minimum atomic E-state index is -0.0374. The summed E-state index contributed by atoms with van der Waals surface area (Å²) in [4.78, 5) is 8.01. The van der Waals surface area contributed by atoms with E-state index in [1.54, 1.807) is 0 Å². The lowest BCUT2D eigenvalue weighted by Crippen LogP contribution is -2.19. The first-order chi connectivity index (χ1) is 9.02. The number of aryl methyl sites for hydroxylation is 1. The maximum Gasteiger partial charge on any atom is 0.124 e. The Hall–Kier alpha value is -1.13. The molecule has 2 atom stereocenters. The number of hydrogen-bond donors (Lipinski definition) is 2. The van der Waals surface area contributed by atoms with Crippen molar-refractivity contribution in [1.29, 1.82) is 0 Å². The molecule has 4 heteroatoms. The predicted octanol–water partition coefficient (Wildman–Crippen LogP) is 4.19. The van der Waals surface area contributed by atoms with E-state index in [0.717, 1.165) is 33.7 Å². The Morgan fingerprint density at radius 3 is 2.79 bits per heavy atom. The van der Waals surface area contributed by atoms with Gasteiger partial charge in [0.1, 0.15) is 5.82 Å². The molecule has 2 unspecified atom stereocenters. The van der Waals surface area contributed by atoms with E-state index in [-0.39, 0.29) is 6.04 Å². The highest BCUT2D eigenvalue weighted by Gasteiger charge is 2.18. The van der Waals surface area contributed by atoms with E-state index in [0.29, 0.717) is 5.92 Å². The Morgan fingerprint density at radius 2 is 2.16 bits per heavy atom. The van der Waals surface area contributed by atoms with E-state index < -0.39 is 0 Å². The number of halogens is 1. The van der Waals surface area contributed by atoms with Crippen LogP contribution >= 0.6 is 15.9 Å². The molecule has 0 aliphatic rings. The molecule has 1 aromatic carbocycles. The highest BCUT2D eigenvalue weighted by molar-refractivity contribution is 9.10. The molecule has 0 aliphatic carbocycles. The zero-order valence-corrected chi connectivity index (χ0v) is 13.2. The van der Waals surface area contributed by atoms with Gasteiger partial charge in [-0.1, -0.05) is 48.3 Å². The number of hydrogen-bond acceptors (Lipinski definition) is 2. The molecule has 0 saturated carbocycles. The third-order valence-electron chi connectivity index (χ3n) is 3.57. The fraction of sp³-hybridized carbons (Fsp3) is 0.400. The smallest absolute Gasteiger partial charge is 0.124 e. The molecular weight excluding hydrogens is 302 g/mol. The molecule has 2 rings (SSSR count). The molecular formula is C15H20BrN3. The summed E-state index contributed by atoms with van der Waals surface area (Å²) in [5, 5.41) is 0. The number of rotatable bonds is 4. The fourth-order valence-electron chi connectivity index (χ4n) is 2.08. The van der Waals surface area contributed by atoms with Gasteiger partial charge in [0.05, 0.1) is 11.7 Å². The average molecular weight is 322 g/mol. The molecule has 0 spiro atoms. The van der Waals surface area contributed by atoms with Crippen LogP contribution in [0.4, 0.5) is 0 Å². The highest BCUT2D eigenvalue weighted by atomic mass is 79.9. The summed E-state index contributed by atoms with van der Waals surface area (Å²) >= 11 is 3.49. The van der Waals surface area contributed by atoms with Crippen molar-refractivity contribution < 1.29 is 0 Å². The van der Waals surface area contributed by atoms with Crippen LogP contribution in [-0.4, -0.2) is 9.97 Å². The van der Waals surface area contributed by atoms with Gasteiger partial charge < -0.3 is 10.7 Å². The Balaban J connectivity index is 2.36. The van der Waals surface area contributed by atoms with Crippen LogP contribution in [0, 0.1) is 12.8 Å². The summed E-state index contributed by atoms with van der Waals surface area (Å²) in [5.74, 6) is 1.29. The van der Waals surface area contributed by atoms with E-state index in [1.165, 1.54) is 0 Å².